The van der Waals surface area contributed by atoms with Crippen LogP contribution in [0.15, 0.2) is 29.4 Å². The third-order valence-corrected chi connectivity index (χ3v) is 1.09. The Morgan fingerprint density at radius 2 is 2.36 bits per heavy atom. The minimum absolute atomic E-state index is 0.230. The second kappa shape index (κ2) is 5.41. The van der Waals surface area contributed by atoms with Gasteiger partial charge in [0, 0.05) is 12.4 Å². The fraction of sp³-hybridized carbons (Fsp3) is 0.250. The van der Waals surface area contributed by atoms with Crippen molar-refractivity contribution in [2.75, 3.05) is 0 Å². The quantitative estimate of drug-likeness (QED) is 0.601. The molecule has 0 aliphatic rings. The van der Waals surface area contributed by atoms with Crippen molar-refractivity contribution in [2.24, 2.45) is 10.7 Å². The standard InChI is InChI=1S/C8H12N2O/c1-3-7(5-8(9)11)6-10-4-2/h3-4,6H,2,5H2,1H3,(H2,9,11)/b7-3-,10-6?. The van der Waals surface area contributed by atoms with E-state index in [2.05, 4.69) is 11.6 Å². The first kappa shape index (κ1) is 9.62. The third-order valence-electron chi connectivity index (χ3n) is 1.09. The molecule has 0 unspecified atom stereocenters. The molecule has 1 amide bonds. The summed E-state index contributed by atoms with van der Waals surface area (Å²) in [4.78, 5) is 14.2. The van der Waals surface area contributed by atoms with Gasteiger partial charge in [0.2, 0.25) is 5.91 Å². The van der Waals surface area contributed by atoms with Crippen molar-refractivity contribution in [1.82, 2.24) is 0 Å². The smallest absolute Gasteiger partial charge is 0.221 e. The summed E-state index contributed by atoms with van der Waals surface area (Å²) < 4.78 is 0. The van der Waals surface area contributed by atoms with Crippen molar-refractivity contribution in [2.45, 2.75) is 13.3 Å². The molecule has 2 N–H and O–H groups in total. The van der Waals surface area contributed by atoms with Crippen LogP contribution in [0.5, 0.6) is 0 Å². The first-order valence-electron chi connectivity index (χ1n) is 3.28. The third kappa shape index (κ3) is 5.08. The molecular formula is C8H12N2O. The van der Waals surface area contributed by atoms with Gasteiger partial charge in [-0.15, -0.1) is 0 Å². The highest BCUT2D eigenvalue weighted by atomic mass is 16.1. The van der Waals surface area contributed by atoms with E-state index in [4.69, 9.17) is 5.73 Å². The Morgan fingerprint density at radius 3 is 2.73 bits per heavy atom. The van der Waals surface area contributed by atoms with Crippen molar-refractivity contribution in [3.05, 3.63) is 24.4 Å². The van der Waals surface area contributed by atoms with Gasteiger partial charge in [-0.2, -0.15) is 0 Å². The second-order valence-electron chi connectivity index (χ2n) is 1.97. The van der Waals surface area contributed by atoms with E-state index in [1.54, 1.807) is 12.3 Å². The Morgan fingerprint density at radius 1 is 1.73 bits per heavy atom. The van der Waals surface area contributed by atoms with E-state index in [1.165, 1.54) is 6.20 Å². The van der Waals surface area contributed by atoms with Crippen LogP contribution in [0.4, 0.5) is 0 Å². The largest absolute Gasteiger partial charge is 0.369 e. The van der Waals surface area contributed by atoms with Crippen LogP contribution in [0.3, 0.4) is 0 Å². The maximum Gasteiger partial charge on any atom is 0.221 e. The zero-order valence-electron chi connectivity index (χ0n) is 6.58. The number of rotatable bonds is 4. The summed E-state index contributed by atoms with van der Waals surface area (Å²) in [6, 6.07) is 0. The summed E-state index contributed by atoms with van der Waals surface area (Å²) in [7, 11) is 0. The van der Waals surface area contributed by atoms with Crippen molar-refractivity contribution in [3.63, 3.8) is 0 Å². The Hall–Kier alpha value is -1.38. The summed E-state index contributed by atoms with van der Waals surface area (Å²) >= 11 is 0. The minimum Gasteiger partial charge on any atom is -0.369 e. The average molecular weight is 152 g/mol. The van der Waals surface area contributed by atoms with Crippen LogP contribution in [-0.2, 0) is 4.79 Å². The average Bonchev–Trinajstić information content (AvgIpc) is 1.97. The van der Waals surface area contributed by atoms with E-state index >= 15 is 0 Å². The number of allylic oxidation sites excluding steroid dienone is 1. The molecule has 3 heteroatoms. The molecule has 0 saturated heterocycles. The van der Waals surface area contributed by atoms with E-state index in [9.17, 15) is 4.79 Å². The number of amides is 1. The SMILES string of the molecule is C=CN=C/C(=C\C)CC(N)=O. The lowest BCUT2D eigenvalue weighted by Gasteiger charge is -1.93. The summed E-state index contributed by atoms with van der Waals surface area (Å²) in [5, 5.41) is 0. The number of carbonyl (C=O) groups is 1. The topological polar surface area (TPSA) is 55.4 Å². The van der Waals surface area contributed by atoms with Gasteiger partial charge in [0.1, 0.15) is 0 Å². The Labute approximate surface area is 66.3 Å². The Bertz CT molecular complexity index is 204. The van der Waals surface area contributed by atoms with Crippen LogP contribution in [0, 0.1) is 0 Å². The number of primary amides is 1. The van der Waals surface area contributed by atoms with E-state index in [0.29, 0.717) is 0 Å². The van der Waals surface area contributed by atoms with Crippen LogP contribution >= 0.6 is 0 Å². The van der Waals surface area contributed by atoms with Gasteiger partial charge in [-0.25, -0.2) is 0 Å². The van der Waals surface area contributed by atoms with Crippen molar-refractivity contribution < 1.29 is 4.79 Å². The lowest BCUT2D eigenvalue weighted by molar-refractivity contribution is -0.117. The van der Waals surface area contributed by atoms with E-state index in [-0.39, 0.29) is 12.3 Å². The normalized spacial score (nSPS) is 11.9. The summed E-state index contributed by atoms with van der Waals surface area (Å²) in [5.41, 5.74) is 5.78. The van der Waals surface area contributed by atoms with Gasteiger partial charge in [0.15, 0.2) is 0 Å². The zero-order chi connectivity index (χ0) is 8.69. The number of carbonyl (C=O) groups excluding carboxylic acids is 1. The number of hydrogen-bond donors (Lipinski definition) is 1. The minimum atomic E-state index is -0.353. The molecule has 0 heterocycles. The lowest BCUT2D eigenvalue weighted by atomic mass is 10.2. The molecule has 0 aliphatic carbocycles. The van der Waals surface area contributed by atoms with Gasteiger partial charge in [-0.1, -0.05) is 12.7 Å². The maximum absolute atomic E-state index is 10.4. The van der Waals surface area contributed by atoms with Crippen molar-refractivity contribution in [3.8, 4) is 0 Å². The molecule has 0 saturated carbocycles. The molecule has 60 valence electrons. The van der Waals surface area contributed by atoms with Gasteiger partial charge in [-0.05, 0) is 12.5 Å². The van der Waals surface area contributed by atoms with Crippen LogP contribution in [0.2, 0.25) is 0 Å². The molecule has 0 bridgehead atoms. The Balaban J connectivity index is 4.08. The first-order chi connectivity index (χ1) is 5.20. The summed E-state index contributed by atoms with van der Waals surface area (Å²) in [6.07, 6.45) is 4.99. The molecule has 0 atom stereocenters. The van der Waals surface area contributed by atoms with Crippen molar-refractivity contribution >= 4 is 12.1 Å². The van der Waals surface area contributed by atoms with E-state index in [1.807, 2.05) is 6.92 Å². The van der Waals surface area contributed by atoms with Crippen LogP contribution in [-0.4, -0.2) is 12.1 Å². The lowest BCUT2D eigenvalue weighted by Crippen LogP contribution is -2.11. The number of nitrogens with zero attached hydrogens (tertiary/aromatic N) is 1. The summed E-state index contributed by atoms with van der Waals surface area (Å²) in [5.74, 6) is -0.353. The molecule has 0 spiro atoms. The molecule has 0 rings (SSSR count). The first-order valence-corrected chi connectivity index (χ1v) is 3.28. The highest BCUT2D eigenvalue weighted by Crippen LogP contribution is 1.96. The molecule has 3 nitrogen and oxygen atoms in total. The number of hydrogen-bond acceptors (Lipinski definition) is 2. The van der Waals surface area contributed by atoms with Gasteiger partial charge < -0.3 is 5.73 Å². The predicted octanol–water partition coefficient (Wildman–Crippen LogP) is 1.02. The molecule has 0 radical (unpaired) electrons. The highest BCUT2D eigenvalue weighted by molar-refractivity contribution is 5.88. The molecule has 0 aromatic carbocycles. The molecule has 0 aromatic rings. The molecular weight excluding hydrogens is 140 g/mol. The van der Waals surface area contributed by atoms with E-state index in [0.717, 1.165) is 5.57 Å². The second-order valence-corrected chi connectivity index (χ2v) is 1.97. The molecule has 0 fully saturated rings. The zero-order valence-corrected chi connectivity index (χ0v) is 6.58. The number of nitrogens with two attached hydrogens (primary N) is 1. The number of aliphatic imine (C=N–C) groups is 1. The van der Waals surface area contributed by atoms with Gasteiger partial charge in [0.25, 0.3) is 0 Å². The van der Waals surface area contributed by atoms with Gasteiger partial charge >= 0.3 is 0 Å². The van der Waals surface area contributed by atoms with Gasteiger partial charge in [0.05, 0.1) is 6.42 Å². The van der Waals surface area contributed by atoms with E-state index < -0.39 is 0 Å². The maximum atomic E-state index is 10.4. The monoisotopic (exact) mass is 152 g/mol. The van der Waals surface area contributed by atoms with Crippen LogP contribution in [0.1, 0.15) is 13.3 Å². The fourth-order valence-electron chi connectivity index (χ4n) is 0.572. The molecule has 0 aromatic heterocycles. The predicted molar refractivity (Wildman–Crippen MR) is 46.3 cm³/mol. The molecule has 11 heavy (non-hydrogen) atoms. The van der Waals surface area contributed by atoms with Crippen molar-refractivity contribution in [1.29, 1.82) is 0 Å². The van der Waals surface area contributed by atoms with Crippen LogP contribution < -0.4 is 5.73 Å². The fourth-order valence-corrected chi connectivity index (χ4v) is 0.572. The highest BCUT2D eigenvalue weighted by Gasteiger charge is 1.96. The van der Waals surface area contributed by atoms with Gasteiger partial charge in [-0.3, -0.25) is 9.79 Å². The summed E-state index contributed by atoms with van der Waals surface area (Å²) in [6.45, 7) is 5.23. The van der Waals surface area contributed by atoms with Crippen LogP contribution in [0.25, 0.3) is 0 Å². The Kier molecular flexibility index (Phi) is 4.73. The molecule has 0 aliphatic heterocycles.